The summed E-state index contributed by atoms with van der Waals surface area (Å²) in [6.07, 6.45) is 0.908. The summed E-state index contributed by atoms with van der Waals surface area (Å²) in [5.41, 5.74) is 5.39. The van der Waals surface area contributed by atoms with Gasteiger partial charge in [-0.05, 0) is 18.2 Å². The molecule has 0 spiro atoms. The Balaban J connectivity index is 2.60. The van der Waals surface area contributed by atoms with E-state index in [1.54, 1.807) is 7.05 Å². The minimum atomic E-state index is 0.314. The van der Waals surface area contributed by atoms with Gasteiger partial charge in [-0.25, -0.2) is 0 Å². The van der Waals surface area contributed by atoms with E-state index in [4.69, 9.17) is 5.73 Å². The summed E-state index contributed by atoms with van der Waals surface area (Å²) >= 11 is 0. The molecule has 62 valence electrons. The monoisotopic (exact) mass is 155 g/mol. The summed E-state index contributed by atoms with van der Waals surface area (Å²) < 4.78 is 0. The fraction of sp³-hybridized carbons (Fsp3) is 0.833. The van der Waals surface area contributed by atoms with Crippen LogP contribution in [0.25, 0.3) is 0 Å². The molecule has 0 bridgehead atoms. The van der Waals surface area contributed by atoms with Gasteiger partial charge in [0.2, 0.25) is 0 Å². The van der Waals surface area contributed by atoms with E-state index in [-0.39, 0.29) is 0 Å². The molecule has 2 N–H and O–H groups in total. The molecular formula is C6H13N5. The van der Waals surface area contributed by atoms with Gasteiger partial charge in [-0.3, -0.25) is 0 Å². The molecule has 1 rings (SSSR count). The van der Waals surface area contributed by atoms with Crippen molar-refractivity contribution >= 4 is 0 Å². The molecule has 1 atom stereocenters. The fourth-order valence-electron chi connectivity index (χ4n) is 0.875. The third-order valence-corrected chi connectivity index (χ3v) is 1.56. The summed E-state index contributed by atoms with van der Waals surface area (Å²) in [6, 6.07) is 0. The Bertz CT molecular complexity index is 219. The van der Waals surface area contributed by atoms with Gasteiger partial charge < -0.3 is 5.73 Å². The van der Waals surface area contributed by atoms with Crippen LogP contribution in [-0.2, 0) is 7.05 Å². The van der Waals surface area contributed by atoms with Gasteiger partial charge in [0.15, 0.2) is 5.82 Å². The Morgan fingerprint density at radius 1 is 1.64 bits per heavy atom. The summed E-state index contributed by atoms with van der Waals surface area (Å²) in [6.45, 7) is 2.71. The maximum absolute atomic E-state index is 5.39. The van der Waals surface area contributed by atoms with Crippen LogP contribution in [0.1, 0.15) is 25.1 Å². The van der Waals surface area contributed by atoms with Crippen LogP contribution >= 0.6 is 0 Å². The molecule has 0 saturated heterocycles. The molecule has 11 heavy (non-hydrogen) atoms. The quantitative estimate of drug-likeness (QED) is 0.648. The minimum Gasteiger partial charge on any atom is -0.330 e. The smallest absolute Gasteiger partial charge is 0.177 e. The van der Waals surface area contributed by atoms with Crippen LogP contribution in [0.2, 0.25) is 0 Å². The van der Waals surface area contributed by atoms with Crippen molar-refractivity contribution in [1.29, 1.82) is 0 Å². The second kappa shape index (κ2) is 3.43. The molecule has 0 amide bonds. The molecule has 0 radical (unpaired) electrons. The van der Waals surface area contributed by atoms with Gasteiger partial charge in [0.25, 0.3) is 0 Å². The Kier molecular flexibility index (Phi) is 2.53. The number of tetrazole rings is 1. The molecule has 0 saturated carbocycles. The van der Waals surface area contributed by atoms with E-state index in [2.05, 4.69) is 15.4 Å². The van der Waals surface area contributed by atoms with Crippen molar-refractivity contribution in [3.63, 3.8) is 0 Å². The summed E-state index contributed by atoms with van der Waals surface area (Å²) in [5.74, 6) is 1.09. The van der Waals surface area contributed by atoms with Gasteiger partial charge >= 0.3 is 0 Å². The summed E-state index contributed by atoms with van der Waals surface area (Å²) in [5, 5.41) is 11.7. The molecule has 1 heterocycles. The van der Waals surface area contributed by atoms with Crippen LogP contribution in [0.4, 0.5) is 0 Å². The first-order valence-corrected chi connectivity index (χ1v) is 3.68. The maximum Gasteiger partial charge on any atom is 0.177 e. The zero-order chi connectivity index (χ0) is 8.27. The molecule has 1 unspecified atom stereocenters. The van der Waals surface area contributed by atoms with Crippen LogP contribution in [0.15, 0.2) is 0 Å². The molecule has 5 nitrogen and oxygen atoms in total. The van der Waals surface area contributed by atoms with Crippen molar-refractivity contribution in [1.82, 2.24) is 20.2 Å². The number of hydrogen-bond donors (Lipinski definition) is 1. The van der Waals surface area contributed by atoms with Crippen LogP contribution in [-0.4, -0.2) is 26.8 Å². The minimum absolute atomic E-state index is 0.314. The standard InChI is InChI=1S/C6H13N5/c1-5(3-4-7)6-8-10-11(2)9-6/h5H,3-4,7H2,1-2H3. The van der Waals surface area contributed by atoms with E-state index >= 15 is 0 Å². The molecular weight excluding hydrogens is 142 g/mol. The maximum atomic E-state index is 5.39. The van der Waals surface area contributed by atoms with Crippen molar-refractivity contribution in [2.45, 2.75) is 19.3 Å². The molecule has 0 aromatic carbocycles. The highest BCUT2D eigenvalue weighted by Crippen LogP contribution is 2.11. The lowest BCUT2D eigenvalue weighted by molar-refractivity contribution is 0.612. The van der Waals surface area contributed by atoms with E-state index in [0.29, 0.717) is 12.5 Å². The summed E-state index contributed by atoms with van der Waals surface area (Å²) in [4.78, 5) is 1.46. The molecule has 0 fully saturated rings. The molecule has 1 aromatic rings. The first kappa shape index (κ1) is 8.13. The second-order valence-corrected chi connectivity index (χ2v) is 2.62. The van der Waals surface area contributed by atoms with Crippen LogP contribution < -0.4 is 5.73 Å². The van der Waals surface area contributed by atoms with Crippen LogP contribution in [0.5, 0.6) is 0 Å². The average Bonchev–Trinajstić information content (AvgIpc) is 2.36. The van der Waals surface area contributed by atoms with Gasteiger partial charge in [-0.2, -0.15) is 4.80 Å². The van der Waals surface area contributed by atoms with Crippen molar-refractivity contribution in [2.24, 2.45) is 12.8 Å². The predicted molar refractivity (Wildman–Crippen MR) is 40.9 cm³/mol. The molecule has 1 aromatic heterocycles. The number of nitrogens with zero attached hydrogens (tertiary/aromatic N) is 4. The second-order valence-electron chi connectivity index (χ2n) is 2.62. The van der Waals surface area contributed by atoms with Gasteiger partial charge in [0.05, 0.1) is 7.05 Å². The van der Waals surface area contributed by atoms with E-state index in [1.807, 2.05) is 6.92 Å². The van der Waals surface area contributed by atoms with Crippen molar-refractivity contribution in [3.8, 4) is 0 Å². The zero-order valence-corrected chi connectivity index (χ0v) is 6.86. The van der Waals surface area contributed by atoms with E-state index in [0.717, 1.165) is 12.2 Å². The molecule has 0 aliphatic carbocycles. The highest BCUT2D eigenvalue weighted by atomic mass is 15.6. The Hall–Kier alpha value is -0.970. The van der Waals surface area contributed by atoms with Crippen LogP contribution in [0, 0.1) is 0 Å². The Morgan fingerprint density at radius 3 is 2.82 bits per heavy atom. The predicted octanol–water partition coefficient (Wildman–Crippen LogP) is -0.338. The molecule has 0 aliphatic heterocycles. The number of aromatic nitrogens is 4. The van der Waals surface area contributed by atoms with Crippen molar-refractivity contribution in [2.75, 3.05) is 6.54 Å². The van der Waals surface area contributed by atoms with Gasteiger partial charge in [-0.15, -0.1) is 10.2 Å². The van der Waals surface area contributed by atoms with E-state index in [9.17, 15) is 0 Å². The van der Waals surface area contributed by atoms with E-state index in [1.165, 1.54) is 4.80 Å². The third-order valence-electron chi connectivity index (χ3n) is 1.56. The topological polar surface area (TPSA) is 69.6 Å². The Morgan fingerprint density at radius 2 is 2.36 bits per heavy atom. The first-order valence-electron chi connectivity index (χ1n) is 3.68. The SMILES string of the molecule is CC(CCN)c1nnn(C)n1. The lowest BCUT2D eigenvalue weighted by Crippen LogP contribution is -2.06. The lowest BCUT2D eigenvalue weighted by atomic mass is 10.1. The first-order chi connectivity index (χ1) is 5.24. The number of hydrogen-bond acceptors (Lipinski definition) is 4. The largest absolute Gasteiger partial charge is 0.330 e. The van der Waals surface area contributed by atoms with Gasteiger partial charge in [-0.1, -0.05) is 6.92 Å². The number of rotatable bonds is 3. The highest BCUT2D eigenvalue weighted by Gasteiger charge is 2.09. The lowest BCUT2D eigenvalue weighted by Gasteiger charge is -2.01. The third kappa shape index (κ3) is 1.98. The van der Waals surface area contributed by atoms with Crippen molar-refractivity contribution in [3.05, 3.63) is 5.82 Å². The Labute approximate surface area is 65.6 Å². The van der Waals surface area contributed by atoms with E-state index < -0.39 is 0 Å². The summed E-state index contributed by atoms with van der Waals surface area (Å²) in [7, 11) is 1.76. The zero-order valence-electron chi connectivity index (χ0n) is 6.86. The van der Waals surface area contributed by atoms with Crippen LogP contribution in [0.3, 0.4) is 0 Å². The number of nitrogens with two attached hydrogens (primary N) is 1. The average molecular weight is 155 g/mol. The molecule has 5 heteroatoms. The number of aryl methyl sites for hydroxylation is 1. The van der Waals surface area contributed by atoms with Gasteiger partial charge in [0.1, 0.15) is 0 Å². The normalized spacial score (nSPS) is 13.4. The molecule has 0 aliphatic rings. The van der Waals surface area contributed by atoms with Gasteiger partial charge in [0, 0.05) is 5.92 Å². The fourth-order valence-corrected chi connectivity index (χ4v) is 0.875. The van der Waals surface area contributed by atoms with Crippen molar-refractivity contribution < 1.29 is 0 Å². The highest BCUT2D eigenvalue weighted by molar-refractivity contribution is 4.87.